The molecule has 2 N–H and O–H groups in total. The largest absolute Gasteiger partial charge is 0.480 e. The summed E-state index contributed by atoms with van der Waals surface area (Å²) in [6.07, 6.45) is 2.07. The average Bonchev–Trinajstić information content (AvgIpc) is 2.97. The second-order valence-electron chi connectivity index (χ2n) is 6.51. The zero-order chi connectivity index (χ0) is 18.4. The van der Waals surface area contributed by atoms with Gasteiger partial charge in [0.15, 0.2) is 0 Å². The molecule has 0 spiro atoms. The maximum Gasteiger partial charge on any atom is 0.326 e. The number of amides is 1. The van der Waals surface area contributed by atoms with E-state index in [2.05, 4.69) is 11.4 Å². The van der Waals surface area contributed by atoms with E-state index in [1.54, 1.807) is 0 Å². The van der Waals surface area contributed by atoms with Crippen LogP contribution in [0.25, 0.3) is 0 Å². The first-order valence-electron chi connectivity index (χ1n) is 8.41. The van der Waals surface area contributed by atoms with Crippen LogP contribution in [0.1, 0.15) is 51.1 Å². The summed E-state index contributed by atoms with van der Waals surface area (Å²) in [5.74, 6) is -1.55. The third kappa shape index (κ3) is 4.44. The van der Waals surface area contributed by atoms with E-state index in [1.807, 2.05) is 37.3 Å². The van der Waals surface area contributed by atoms with Crippen molar-refractivity contribution in [1.29, 1.82) is 5.26 Å². The first-order chi connectivity index (χ1) is 11.9. The highest BCUT2D eigenvalue weighted by Crippen LogP contribution is 2.40. The molecule has 1 aromatic rings. The summed E-state index contributed by atoms with van der Waals surface area (Å²) in [6.45, 7) is 3.24. The number of carbonyl (C=O) groups excluding carboxylic acids is 1. The summed E-state index contributed by atoms with van der Waals surface area (Å²) in [5.41, 5.74) is 0.850. The first kappa shape index (κ1) is 18.7. The Kier molecular flexibility index (Phi) is 5.92. The molecule has 1 aromatic carbocycles. The van der Waals surface area contributed by atoms with Crippen molar-refractivity contribution in [1.82, 2.24) is 5.32 Å². The highest BCUT2D eigenvalue weighted by atomic mass is 16.4. The summed E-state index contributed by atoms with van der Waals surface area (Å²) in [7, 11) is 0. The SMILES string of the molecule is CC(=O)N[C@@H](C[C@@]1(C#N)CCC/C1=N\[C@@H](C)c1ccccc1)C(=O)O. The predicted molar refractivity (Wildman–Crippen MR) is 94.0 cm³/mol. The Morgan fingerprint density at radius 3 is 2.64 bits per heavy atom. The van der Waals surface area contributed by atoms with Crippen LogP contribution in [0.15, 0.2) is 35.3 Å². The molecule has 0 unspecified atom stereocenters. The molecule has 6 heteroatoms. The molecule has 6 nitrogen and oxygen atoms in total. The third-order valence-corrected chi connectivity index (χ3v) is 4.64. The van der Waals surface area contributed by atoms with Crippen molar-refractivity contribution in [3.63, 3.8) is 0 Å². The molecule has 0 bridgehead atoms. The zero-order valence-electron chi connectivity index (χ0n) is 14.5. The molecule has 1 aliphatic rings. The number of carboxylic acid groups (broad SMARTS) is 1. The van der Waals surface area contributed by atoms with Gasteiger partial charge in [-0.2, -0.15) is 5.26 Å². The average molecular weight is 341 g/mol. The number of hydrogen-bond donors (Lipinski definition) is 2. The molecule has 1 saturated carbocycles. The fraction of sp³-hybridized carbons (Fsp3) is 0.474. The number of hydrogen-bond acceptors (Lipinski definition) is 4. The molecular formula is C19H23N3O3. The number of nitrogens with one attached hydrogen (secondary N) is 1. The lowest BCUT2D eigenvalue weighted by Crippen LogP contribution is -2.44. The molecule has 2 rings (SSSR count). The Balaban J connectivity index is 2.28. The van der Waals surface area contributed by atoms with Gasteiger partial charge in [0.05, 0.1) is 17.5 Å². The van der Waals surface area contributed by atoms with E-state index in [0.717, 1.165) is 17.7 Å². The van der Waals surface area contributed by atoms with E-state index in [9.17, 15) is 20.0 Å². The second-order valence-corrected chi connectivity index (χ2v) is 6.51. The minimum atomic E-state index is -1.13. The van der Waals surface area contributed by atoms with Crippen molar-refractivity contribution in [3.8, 4) is 6.07 Å². The minimum Gasteiger partial charge on any atom is -0.480 e. The Labute approximate surface area is 147 Å². The summed E-state index contributed by atoms with van der Waals surface area (Å²) in [6, 6.07) is 10.9. The van der Waals surface area contributed by atoms with Crippen LogP contribution < -0.4 is 5.32 Å². The predicted octanol–water partition coefficient (Wildman–Crippen LogP) is 2.86. The van der Waals surface area contributed by atoms with Gasteiger partial charge in [-0.25, -0.2) is 4.79 Å². The third-order valence-electron chi connectivity index (χ3n) is 4.64. The van der Waals surface area contributed by atoms with E-state index in [1.165, 1.54) is 6.92 Å². The van der Waals surface area contributed by atoms with Gasteiger partial charge in [0.1, 0.15) is 6.04 Å². The minimum absolute atomic E-state index is 0.0404. The first-order valence-corrected chi connectivity index (χ1v) is 8.41. The quantitative estimate of drug-likeness (QED) is 0.830. The fourth-order valence-electron chi connectivity index (χ4n) is 3.35. The lowest BCUT2D eigenvalue weighted by Gasteiger charge is -2.26. The van der Waals surface area contributed by atoms with Crippen molar-refractivity contribution in [2.45, 2.75) is 51.6 Å². The summed E-state index contributed by atoms with van der Waals surface area (Å²) < 4.78 is 0. The van der Waals surface area contributed by atoms with E-state index < -0.39 is 23.3 Å². The van der Waals surface area contributed by atoms with Crippen LogP contribution in [0, 0.1) is 16.7 Å². The van der Waals surface area contributed by atoms with Crippen molar-refractivity contribution in [3.05, 3.63) is 35.9 Å². The smallest absolute Gasteiger partial charge is 0.326 e. The van der Waals surface area contributed by atoms with Crippen LogP contribution >= 0.6 is 0 Å². The molecule has 1 aliphatic carbocycles. The number of nitrogens with zero attached hydrogens (tertiary/aromatic N) is 2. The van der Waals surface area contributed by atoms with Crippen LogP contribution in [0.5, 0.6) is 0 Å². The van der Waals surface area contributed by atoms with Gasteiger partial charge >= 0.3 is 5.97 Å². The fourth-order valence-corrected chi connectivity index (χ4v) is 3.35. The molecule has 0 aromatic heterocycles. The summed E-state index contributed by atoms with van der Waals surface area (Å²) in [5, 5.41) is 21.6. The van der Waals surface area contributed by atoms with Crippen LogP contribution in [0.2, 0.25) is 0 Å². The lowest BCUT2D eigenvalue weighted by molar-refractivity contribution is -0.142. The van der Waals surface area contributed by atoms with Crippen LogP contribution in [0.3, 0.4) is 0 Å². The molecule has 0 saturated heterocycles. The van der Waals surface area contributed by atoms with Gasteiger partial charge in [0.2, 0.25) is 5.91 Å². The summed E-state index contributed by atoms with van der Waals surface area (Å²) in [4.78, 5) is 27.5. The number of aliphatic carboxylic acids is 1. The normalized spacial score (nSPS) is 23.6. The second kappa shape index (κ2) is 7.93. The molecule has 25 heavy (non-hydrogen) atoms. The number of benzene rings is 1. The maximum absolute atomic E-state index is 11.5. The summed E-state index contributed by atoms with van der Waals surface area (Å²) >= 11 is 0. The maximum atomic E-state index is 11.5. The van der Waals surface area contributed by atoms with Crippen molar-refractivity contribution in [2.75, 3.05) is 0 Å². The van der Waals surface area contributed by atoms with Crippen molar-refractivity contribution in [2.24, 2.45) is 10.4 Å². The Hall–Kier alpha value is -2.68. The number of carbonyl (C=O) groups is 2. The molecule has 1 amide bonds. The van der Waals surface area contributed by atoms with Gasteiger partial charge in [-0.15, -0.1) is 0 Å². The van der Waals surface area contributed by atoms with Gasteiger partial charge in [0.25, 0.3) is 0 Å². The van der Waals surface area contributed by atoms with Gasteiger partial charge < -0.3 is 10.4 Å². The number of carboxylic acids is 1. The van der Waals surface area contributed by atoms with Gasteiger partial charge in [-0.3, -0.25) is 9.79 Å². The Bertz CT molecular complexity index is 708. The number of rotatable bonds is 6. The molecule has 1 fully saturated rings. The van der Waals surface area contributed by atoms with Crippen molar-refractivity contribution >= 4 is 17.6 Å². The molecule has 132 valence electrons. The number of nitriles is 1. The number of aliphatic imine (C=N–C) groups is 1. The molecule has 3 atom stereocenters. The van der Waals surface area contributed by atoms with E-state index in [4.69, 9.17) is 4.99 Å². The van der Waals surface area contributed by atoms with Gasteiger partial charge in [-0.1, -0.05) is 30.3 Å². The van der Waals surface area contributed by atoms with Gasteiger partial charge in [0, 0.05) is 19.1 Å². The highest BCUT2D eigenvalue weighted by molar-refractivity contribution is 5.95. The molecular weight excluding hydrogens is 318 g/mol. The van der Waals surface area contributed by atoms with Crippen molar-refractivity contribution < 1.29 is 14.7 Å². The molecule has 0 aliphatic heterocycles. The van der Waals surface area contributed by atoms with Crippen LogP contribution in [-0.4, -0.2) is 28.7 Å². The zero-order valence-corrected chi connectivity index (χ0v) is 14.5. The Morgan fingerprint density at radius 2 is 2.08 bits per heavy atom. The lowest BCUT2D eigenvalue weighted by atomic mass is 9.79. The topological polar surface area (TPSA) is 103 Å². The van der Waals surface area contributed by atoms with E-state index in [0.29, 0.717) is 12.8 Å². The molecule has 0 radical (unpaired) electrons. The Morgan fingerprint density at radius 1 is 1.40 bits per heavy atom. The van der Waals surface area contributed by atoms with E-state index in [-0.39, 0.29) is 12.5 Å². The van der Waals surface area contributed by atoms with Crippen LogP contribution in [0.4, 0.5) is 0 Å². The van der Waals surface area contributed by atoms with Gasteiger partial charge in [-0.05, 0) is 31.7 Å². The monoisotopic (exact) mass is 341 g/mol. The standard InChI is InChI=1S/C19H23N3O3/c1-13(15-7-4-3-5-8-15)21-17-9-6-10-19(17,12-20)11-16(18(24)25)22-14(2)23/h3-5,7-8,13,16H,6,9-11H2,1-2H3,(H,22,23)(H,24,25)/b21-17+/t13-,16-,19+/m0/s1. The molecule has 0 heterocycles. The highest BCUT2D eigenvalue weighted by Gasteiger charge is 2.44. The van der Waals surface area contributed by atoms with E-state index >= 15 is 0 Å². The van der Waals surface area contributed by atoms with Crippen LogP contribution in [-0.2, 0) is 9.59 Å².